The molecule has 1 saturated heterocycles. The highest BCUT2D eigenvalue weighted by Crippen LogP contribution is 2.34. The highest BCUT2D eigenvalue weighted by molar-refractivity contribution is 6.31. The largest absolute Gasteiger partial charge is 0.479 e. The first-order chi connectivity index (χ1) is 9.40. The Kier molecular flexibility index (Phi) is 4.04. The second kappa shape index (κ2) is 5.44. The van der Waals surface area contributed by atoms with Crippen molar-refractivity contribution in [2.45, 2.75) is 38.6 Å². The van der Waals surface area contributed by atoms with Gasteiger partial charge in [0.1, 0.15) is 5.54 Å². The number of likely N-dealkylation sites (tertiary alicyclic amines) is 1. The molecule has 1 aromatic carbocycles. The lowest BCUT2D eigenvalue weighted by Crippen LogP contribution is -2.52. The maximum Gasteiger partial charge on any atom is 0.329 e. The minimum atomic E-state index is -1.08. The standard InChI is InChI=1S/C15H18ClNO3/c1-3-15(14(19)20)5-4-6-17(15)13(18)11-7-10(2)8-12(16)9-11/h7-9H,3-6H2,1-2H3,(H,19,20). The molecule has 1 unspecified atom stereocenters. The Morgan fingerprint density at radius 1 is 1.40 bits per heavy atom. The van der Waals surface area contributed by atoms with Crippen LogP contribution in [0.3, 0.4) is 0 Å². The van der Waals surface area contributed by atoms with Crippen molar-refractivity contribution in [3.05, 3.63) is 34.3 Å². The van der Waals surface area contributed by atoms with Crippen molar-refractivity contribution in [3.8, 4) is 0 Å². The normalized spacial score (nSPS) is 22.1. The van der Waals surface area contributed by atoms with Gasteiger partial charge >= 0.3 is 5.97 Å². The molecule has 1 N–H and O–H groups in total. The fraction of sp³-hybridized carbons (Fsp3) is 0.467. The smallest absolute Gasteiger partial charge is 0.329 e. The molecule has 0 aromatic heterocycles. The number of carboxylic acids is 1. The third-order valence-corrected chi connectivity index (χ3v) is 4.22. The van der Waals surface area contributed by atoms with E-state index in [0.29, 0.717) is 36.4 Å². The first-order valence-corrected chi connectivity index (χ1v) is 7.11. The van der Waals surface area contributed by atoms with E-state index in [4.69, 9.17) is 11.6 Å². The Morgan fingerprint density at radius 3 is 2.65 bits per heavy atom. The van der Waals surface area contributed by atoms with Crippen LogP contribution in [-0.4, -0.2) is 34.0 Å². The van der Waals surface area contributed by atoms with Gasteiger partial charge in [-0.1, -0.05) is 18.5 Å². The number of hydrogen-bond donors (Lipinski definition) is 1. The van der Waals surface area contributed by atoms with Crippen molar-refractivity contribution in [1.82, 2.24) is 4.90 Å². The predicted octanol–water partition coefficient (Wildman–Crippen LogP) is 3.12. The molecule has 1 aliphatic heterocycles. The molecule has 0 spiro atoms. The predicted molar refractivity (Wildman–Crippen MR) is 77.1 cm³/mol. The van der Waals surface area contributed by atoms with E-state index in [0.717, 1.165) is 5.56 Å². The van der Waals surface area contributed by atoms with Gasteiger partial charge in [0.05, 0.1) is 0 Å². The number of rotatable bonds is 3. The van der Waals surface area contributed by atoms with Crippen LogP contribution < -0.4 is 0 Å². The van der Waals surface area contributed by atoms with Gasteiger partial charge in [0.25, 0.3) is 5.91 Å². The Bertz CT molecular complexity index is 538. The minimum absolute atomic E-state index is 0.252. The van der Waals surface area contributed by atoms with Crippen molar-refractivity contribution in [2.24, 2.45) is 0 Å². The van der Waals surface area contributed by atoms with Gasteiger partial charge < -0.3 is 10.0 Å². The van der Waals surface area contributed by atoms with E-state index in [1.54, 1.807) is 18.2 Å². The molecule has 0 bridgehead atoms. The number of amides is 1. The molecular weight excluding hydrogens is 278 g/mol. The topological polar surface area (TPSA) is 57.6 Å². The monoisotopic (exact) mass is 295 g/mol. The molecule has 0 aliphatic carbocycles. The van der Waals surface area contributed by atoms with E-state index in [-0.39, 0.29) is 5.91 Å². The summed E-state index contributed by atoms with van der Waals surface area (Å²) < 4.78 is 0. The number of hydrogen-bond acceptors (Lipinski definition) is 2. The quantitative estimate of drug-likeness (QED) is 0.932. The summed E-state index contributed by atoms with van der Waals surface area (Å²) in [7, 11) is 0. The Hall–Kier alpha value is -1.55. The number of carboxylic acid groups (broad SMARTS) is 1. The van der Waals surface area contributed by atoms with Crippen LogP contribution in [0.2, 0.25) is 5.02 Å². The van der Waals surface area contributed by atoms with Gasteiger partial charge in [-0.3, -0.25) is 4.79 Å². The van der Waals surface area contributed by atoms with E-state index in [1.807, 2.05) is 13.8 Å². The third kappa shape index (κ3) is 2.40. The van der Waals surface area contributed by atoms with E-state index in [1.165, 1.54) is 4.90 Å². The van der Waals surface area contributed by atoms with E-state index in [2.05, 4.69) is 0 Å². The maximum absolute atomic E-state index is 12.6. The lowest BCUT2D eigenvalue weighted by atomic mass is 9.92. The summed E-state index contributed by atoms with van der Waals surface area (Å²) in [6, 6.07) is 5.11. The summed E-state index contributed by atoms with van der Waals surface area (Å²) in [6.07, 6.45) is 1.63. The van der Waals surface area contributed by atoms with Gasteiger partial charge in [-0.2, -0.15) is 0 Å². The molecule has 1 aliphatic rings. The van der Waals surface area contributed by atoms with Crippen LogP contribution in [0.4, 0.5) is 0 Å². The fourth-order valence-corrected chi connectivity index (χ4v) is 3.22. The van der Waals surface area contributed by atoms with Crippen LogP contribution >= 0.6 is 11.6 Å². The number of aliphatic carboxylic acids is 1. The second-order valence-corrected chi connectivity index (χ2v) is 5.70. The summed E-state index contributed by atoms with van der Waals surface area (Å²) in [5.74, 6) is -1.18. The number of carbonyl (C=O) groups excluding carboxylic acids is 1. The average molecular weight is 296 g/mol. The molecule has 20 heavy (non-hydrogen) atoms. The van der Waals surface area contributed by atoms with Gasteiger partial charge in [0.2, 0.25) is 0 Å². The molecule has 1 aromatic rings. The number of aryl methyl sites for hydroxylation is 1. The Morgan fingerprint density at radius 2 is 2.10 bits per heavy atom. The highest BCUT2D eigenvalue weighted by Gasteiger charge is 2.48. The van der Waals surface area contributed by atoms with Crippen molar-refractivity contribution >= 4 is 23.5 Å². The van der Waals surface area contributed by atoms with Crippen molar-refractivity contribution in [1.29, 1.82) is 0 Å². The van der Waals surface area contributed by atoms with Crippen molar-refractivity contribution < 1.29 is 14.7 Å². The lowest BCUT2D eigenvalue weighted by Gasteiger charge is -2.34. The molecule has 108 valence electrons. The molecule has 1 atom stereocenters. The van der Waals surface area contributed by atoms with Crippen LogP contribution in [0.1, 0.15) is 42.1 Å². The Labute approximate surface area is 123 Å². The molecule has 0 saturated carbocycles. The summed E-state index contributed by atoms with van der Waals surface area (Å²) in [4.78, 5) is 25.7. The van der Waals surface area contributed by atoms with Crippen LogP contribution in [0, 0.1) is 6.92 Å². The first-order valence-electron chi connectivity index (χ1n) is 6.73. The van der Waals surface area contributed by atoms with E-state index >= 15 is 0 Å². The number of carbonyl (C=O) groups is 2. The molecule has 4 nitrogen and oxygen atoms in total. The highest BCUT2D eigenvalue weighted by atomic mass is 35.5. The first kappa shape index (κ1) is 14.9. The minimum Gasteiger partial charge on any atom is -0.479 e. The van der Waals surface area contributed by atoms with Gasteiger partial charge in [0, 0.05) is 17.1 Å². The molecule has 5 heteroatoms. The third-order valence-electron chi connectivity index (χ3n) is 4.01. The van der Waals surface area contributed by atoms with Gasteiger partial charge in [-0.15, -0.1) is 0 Å². The Balaban J connectivity index is 2.39. The zero-order valence-electron chi connectivity index (χ0n) is 11.6. The van der Waals surface area contributed by atoms with Crippen LogP contribution in [0.25, 0.3) is 0 Å². The zero-order chi connectivity index (χ0) is 14.9. The lowest BCUT2D eigenvalue weighted by molar-refractivity contribution is -0.148. The molecule has 1 fully saturated rings. The summed E-state index contributed by atoms with van der Waals surface area (Å²) in [5, 5.41) is 10.0. The van der Waals surface area contributed by atoms with Gasteiger partial charge in [0.15, 0.2) is 0 Å². The molecule has 1 heterocycles. The molecular formula is C15H18ClNO3. The second-order valence-electron chi connectivity index (χ2n) is 5.27. The molecule has 2 rings (SSSR count). The SMILES string of the molecule is CCC1(C(=O)O)CCCN1C(=O)c1cc(C)cc(Cl)c1. The maximum atomic E-state index is 12.6. The average Bonchev–Trinajstić information content (AvgIpc) is 2.81. The van der Waals surface area contributed by atoms with E-state index < -0.39 is 11.5 Å². The van der Waals surface area contributed by atoms with Gasteiger partial charge in [-0.05, 0) is 49.9 Å². The summed E-state index contributed by atoms with van der Waals surface area (Å²) >= 11 is 5.98. The zero-order valence-corrected chi connectivity index (χ0v) is 12.4. The van der Waals surface area contributed by atoms with Crippen LogP contribution in [0.15, 0.2) is 18.2 Å². The van der Waals surface area contributed by atoms with Gasteiger partial charge in [-0.25, -0.2) is 4.79 Å². The fourth-order valence-electron chi connectivity index (χ4n) is 2.93. The number of nitrogens with zero attached hydrogens (tertiary/aromatic N) is 1. The molecule has 1 amide bonds. The number of benzene rings is 1. The number of halogens is 1. The van der Waals surface area contributed by atoms with Crippen molar-refractivity contribution in [3.63, 3.8) is 0 Å². The van der Waals surface area contributed by atoms with E-state index in [9.17, 15) is 14.7 Å². The van der Waals surface area contributed by atoms with Crippen molar-refractivity contribution in [2.75, 3.05) is 6.54 Å². The summed E-state index contributed by atoms with van der Waals surface area (Å²) in [6.45, 7) is 4.14. The summed E-state index contributed by atoms with van der Waals surface area (Å²) in [5.41, 5.74) is 0.265. The van der Waals surface area contributed by atoms with Crippen LogP contribution in [-0.2, 0) is 4.79 Å². The van der Waals surface area contributed by atoms with Crippen LogP contribution in [0.5, 0.6) is 0 Å². The molecule has 0 radical (unpaired) electrons.